The van der Waals surface area contributed by atoms with Crippen LogP contribution in [0, 0.1) is 0 Å². The molecule has 1 N–H and O–H groups in total. The predicted octanol–water partition coefficient (Wildman–Crippen LogP) is 2.18. The van der Waals surface area contributed by atoms with E-state index in [9.17, 15) is 18.0 Å². The topological polar surface area (TPSA) is 98.8 Å². The van der Waals surface area contributed by atoms with Gasteiger partial charge >= 0.3 is 10.1 Å². The quantitative estimate of drug-likeness (QED) is 0.480. The van der Waals surface area contributed by atoms with Gasteiger partial charge in [-0.15, -0.1) is 0 Å². The highest BCUT2D eigenvalue weighted by atomic mass is 32.2. The fraction of sp³-hybridized carbons (Fsp3) is 0.158. The number of nitrogens with one attached hydrogen (secondary N) is 1. The molecular weight excluding hydrogens is 370 g/mol. The van der Waals surface area contributed by atoms with Gasteiger partial charge in [0.1, 0.15) is 23.0 Å². The molecule has 8 heteroatoms. The number of ether oxygens (including phenoxy) is 1. The van der Waals surface area contributed by atoms with Crippen molar-refractivity contribution in [1.82, 2.24) is 5.32 Å². The Morgan fingerprint density at radius 3 is 2.48 bits per heavy atom. The van der Waals surface area contributed by atoms with Gasteiger partial charge in [0.15, 0.2) is 5.78 Å². The van der Waals surface area contributed by atoms with E-state index in [2.05, 4.69) is 5.32 Å². The SMILES string of the molecule is CNC(=O)/C=C1/COc2cc(OS(=O)(=O)c3ccc(C(C)=O)cc3)ccc21. The fourth-order valence-electron chi connectivity index (χ4n) is 2.55. The standard InChI is InChI=1S/C19H17NO6S/c1-12(21)13-3-6-16(7-4-13)27(23,24)26-15-5-8-17-14(9-19(22)20-2)11-25-18(17)10-15/h3-10H,11H2,1-2H3,(H,20,22)/b14-9-. The van der Waals surface area contributed by atoms with E-state index in [4.69, 9.17) is 8.92 Å². The fourth-order valence-corrected chi connectivity index (χ4v) is 3.48. The zero-order valence-corrected chi connectivity index (χ0v) is 15.5. The van der Waals surface area contributed by atoms with Gasteiger partial charge in [0.05, 0.1) is 0 Å². The Morgan fingerprint density at radius 1 is 1.15 bits per heavy atom. The lowest BCUT2D eigenvalue weighted by Crippen LogP contribution is -2.15. The van der Waals surface area contributed by atoms with Crippen LogP contribution in [0.25, 0.3) is 5.57 Å². The van der Waals surface area contributed by atoms with Crippen molar-refractivity contribution in [2.75, 3.05) is 13.7 Å². The molecule has 1 aliphatic rings. The van der Waals surface area contributed by atoms with E-state index in [0.29, 0.717) is 22.4 Å². The summed E-state index contributed by atoms with van der Waals surface area (Å²) in [6, 6.07) is 10.1. The summed E-state index contributed by atoms with van der Waals surface area (Å²) in [5.74, 6) is 0.116. The van der Waals surface area contributed by atoms with Crippen LogP contribution in [0.15, 0.2) is 53.4 Å². The van der Waals surface area contributed by atoms with Crippen molar-refractivity contribution >= 4 is 27.4 Å². The number of hydrogen-bond acceptors (Lipinski definition) is 6. The van der Waals surface area contributed by atoms with E-state index in [-0.39, 0.29) is 28.9 Å². The Labute approximate surface area is 156 Å². The number of carbonyl (C=O) groups excluding carboxylic acids is 2. The summed E-state index contributed by atoms with van der Waals surface area (Å²) in [5.41, 5.74) is 1.81. The molecule has 140 valence electrons. The molecule has 0 saturated carbocycles. The third-order valence-electron chi connectivity index (χ3n) is 3.99. The average molecular weight is 387 g/mol. The van der Waals surface area contributed by atoms with Crippen LogP contribution in [0.3, 0.4) is 0 Å². The van der Waals surface area contributed by atoms with Gasteiger partial charge in [0.25, 0.3) is 0 Å². The van der Waals surface area contributed by atoms with Crippen molar-refractivity contribution in [2.45, 2.75) is 11.8 Å². The van der Waals surface area contributed by atoms with E-state index in [1.165, 1.54) is 56.4 Å². The zero-order chi connectivity index (χ0) is 19.6. The molecule has 2 aromatic carbocycles. The number of amides is 1. The molecule has 0 atom stereocenters. The van der Waals surface area contributed by atoms with E-state index < -0.39 is 10.1 Å². The van der Waals surface area contributed by atoms with Crippen LogP contribution < -0.4 is 14.2 Å². The summed E-state index contributed by atoms with van der Waals surface area (Å²) < 4.78 is 35.5. The second-order valence-corrected chi connectivity index (χ2v) is 7.39. The number of ketones is 1. The van der Waals surface area contributed by atoms with Crippen molar-refractivity contribution in [1.29, 1.82) is 0 Å². The molecule has 1 amide bonds. The molecule has 7 nitrogen and oxygen atoms in total. The van der Waals surface area contributed by atoms with Crippen LogP contribution in [0.5, 0.6) is 11.5 Å². The second kappa shape index (κ2) is 7.24. The maximum Gasteiger partial charge on any atom is 0.339 e. The molecule has 3 rings (SSSR count). The lowest BCUT2D eigenvalue weighted by atomic mass is 10.1. The van der Waals surface area contributed by atoms with Gasteiger partial charge in [-0.05, 0) is 31.2 Å². The average Bonchev–Trinajstić information content (AvgIpc) is 3.03. The van der Waals surface area contributed by atoms with E-state index in [0.717, 1.165) is 0 Å². The van der Waals surface area contributed by atoms with Crippen LogP contribution in [0.1, 0.15) is 22.8 Å². The maximum atomic E-state index is 12.4. The Kier molecular flexibility index (Phi) is 5.00. The van der Waals surface area contributed by atoms with Gasteiger partial charge in [-0.2, -0.15) is 8.42 Å². The first-order chi connectivity index (χ1) is 12.8. The predicted molar refractivity (Wildman–Crippen MR) is 98.2 cm³/mol. The number of hydrogen-bond donors (Lipinski definition) is 1. The summed E-state index contributed by atoms with van der Waals surface area (Å²) in [6.07, 6.45) is 1.43. The van der Waals surface area contributed by atoms with Crippen LogP contribution in [0.4, 0.5) is 0 Å². The van der Waals surface area contributed by atoms with Crippen LogP contribution >= 0.6 is 0 Å². The second-order valence-electron chi connectivity index (χ2n) is 5.85. The summed E-state index contributed by atoms with van der Waals surface area (Å²) in [5, 5.41) is 2.50. The van der Waals surface area contributed by atoms with Gasteiger partial charge in [0.2, 0.25) is 5.91 Å². The van der Waals surface area contributed by atoms with Crippen molar-refractivity contribution in [2.24, 2.45) is 0 Å². The first kappa shape index (κ1) is 18.7. The molecule has 0 radical (unpaired) electrons. The first-order valence-corrected chi connectivity index (χ1v) is 9.46. The largest absolute Gasteiger partial charge is 0.488 e. The van der Waals surface area contributed by atoms with Gasteiger partial charge in [-0.3, -0.25) is 9.59 Å². The minimum absolute atomic E-state index is 0.0610. The molecule has 0 aliphatic carbocycles. The molecule has 0 fully saturated rings. The summed E-state index contributed by atoms with van der Waals surface area (Å²) in [7, 11) is -2.53. The van der Waals surface area contributed by atoms with Gasteiger partial charge in [0, 0.05) is 35.9 Å². The van der Waals surface area contributed by atoms with E-state index >= 15 is 0 Å². The van der Waals surface area contributed by atoms with Crippen LogP contribution in [-0.2, 0) is 14.9 Å². The monoisotopic (exact) mass is 387 g/mol. The van der Waals surface area contributed by atoms with Crippen molar-refractivity contribution in [3.63, 3.8) is 0 Å². The lowest BCUT2D eigenvalue weighted by Gasteiger charge is -2.08. The number of rotatable bonds is 5. The van der Waals surface area contributed by atoms with E-state index in [1.54, 1.807) is 6.07 Å². The molecule has 0 spiro atoms. The van der Waals surface area contributed by atoms with Gasteiger partial charge in [-0.1, -0.05) is 12.1 Å². The first-order valence-electron chi connectivity index (χ1n) is 8.05. The Morgan fingerprint density at radius 2 is 1.85 bits per heavy atom. The minimum atomic E-state index is -4.06. The van der Waals surface area contributed by atoms with E-state index in [1.807, 2.05) is 0 Å². The van der Waals surface area contributed by atoms with Crippen LogP contribution in [0.2, 0.25) is 0 Å². The number of benzene rings is 2. The number of carbonyl (C=O) groups is 2. The number of Topliss-reactive ketones (excluding diaryl/α,β-unsaturated/α-hetero) is 1. The Hall–Kier alpha value is -3.13. The molecular formula is C19H17NO6S. The number of fused-ring (bicyclic) bond motifs is 1. The van der Waals surface area contributed by atoms with Crippen molar-refractivity contribution < 1.29 is 26.9 Å². The third-order valence-corrected chi connectivity index (χ3v) is 5.25. The third kappa shape index (κ3) is 4.01. The highest BCUT2D eigenvalue weighted by molar-refractivity contribution is 7.87. The van der Waals surface area contributed by atoms with Gasteiger partial charge < -0.3 is 14.2 Å². The van der Waals surface area contributed by atoms with Crippen molar-refractivity contribution in [3.8, 4) is 11.5 Å². The highest BCUT2D eigenvalue weighted by Gasteiger charge is 2.22. The minimum Gasteiger partial charge on any atom is -0.488 e. The van der Waals surface area contributed by atoms with Crippen molar-refractivity contribution in [3.05, 3.63) is 59.7 Å². The molecule has 0 unspecified atom stereocenters. The molecule has 0 aromatic heterocycles. The molecule has 2 aromatic rings. The Balaban J connectivity index is 1.83. The molecule has 1 aliphatic heterocycles. The molecule has 27 heavy (non-hydrogen) atoms. The maximum absolute atomic E-state index is 12.4. The number of likely N-dealkylation sites (N-methyl/N-ethyl adjacent to an activating group) is 1. The molecule has 0 bridgehead atoms. The van der Waals surface area contributed by atoms with Gasteiger partial charge in [-0.25, -0.2) is 0 Å². The normalized spacial score (nSPS) is 14.4. The molecule has 1 heterocycles. The highest BCUT2D eigenvalue weighted by Crippen LogP contribution is 2.36. The van der Waals surface area contributed by atoms with Crippen LogP contribution in [-0.4, -0.2) is 33.8 Å². The molecule has 0 saturated heterocycles. The zero-order valence-electron chi connectivity index (χ0n) is 14.7. The Bertz CT molecular complexity index is 1040. The smallest absolute Gasteiger partial charge is 0.339 e. The summed E-state index contributed by atoms with van der Waals surface area (Å²) in [4.78, 5) is 22.7. The lowest BCUT2D eigenvalue weighted by molar-refractivity contribution is -0.116. The summed E-state index contributed by atoms with van der Waals surface area (Å²) in [6.45, 7) is 1.61. The summed E-state index contributed by atoms with van der Waals surface area (Å²) >= 11 is 0.